The van der Waals surface area contributed by atoms with E-state index in [1.54, 1.807) is 12.1 Å². The molecule has 2 fully saturated rings. The first-order chi connectivity index (χ1) is 15.1. The highest BCUT2D eigenvalue weighted by Gasteiger charge is 2.42. The van der Waals surface area contributed by atoms with E-state index < -0.39 is 0 Å². The fourth-order valence-corrected chi connectivity index (χ4v) is 5.18. The van der Waals surface area contributed by atoms with Gasteiger partial charge < -0.3 is 31.4 Å². The summed E-state index contributed by atoms with van der Waals surface area (Å²) in [6.07, 6.45) is 3.90. The number of fused-ring (bicyclic) bond motifs is 1. The van der Waals surface area contributed by atoms with E-state index in [4.69, 9.17) is 10.2 Å². The van der Waals surface area contributed by atoms with Crippen molar-refractivity contribution in [3.8, 4) is 11.8 Å². The number of unbranched alkanes of at least 4 members (excludes halogenated alkanes) is 1. The summed E-state index contributed by atoms with van der Waals surface area (Å²) in [4.78, 5) is 35.4. The molecule has 168 valence electrons. The van der Waals surface area contributed by atoms with Crippen LogP contribution in [0.2, 0.25) is 0 Å². The summed E-state index contributed by atoms with van der Waals surface area (Å²) in [6.45, 7) is 1.17. The lowest BCUT2D eigenvalue weighted by Crippen LogP contribution is -2.36. The molecule has 1 aromatic rings. The van der Waals surface area contributed by atoms with Crippen molar-refractivity contribution in [1.82, 2.24) is 21.3 Å². The lowest BCUT2D eigenvalue weighted by atomic mass is 10.0. The first-order valence-corrected chi connectivity index (χ1v) is 11.6. The number of carbonyl (C=O) groups excluding carboxylic acids is 3. The molecule has 2 saturated heterocycles. The Morgan fingerprint density at radius 3 is 2.87 bits per heavy atom. The highest BCUT2D eigenvalue weighted by Crippen LogP contribution is 2.33. The minimum Gasteiger partial charge on any atom is -0.443 e. The standard InChI is InChI=1S/C21H29N5O4S/c22-10-3-5-14-8-9-16(30-14)20(28)24-12-4-11-23-18(27)7-2-1-6-17-19-15(13-31-17)25-21(29)26-19/h8-9,15,17,19H,1-2,4,6-7,10-13,22H2,(H,23,27)(H,24,28)(H2,25,26,29)/t15-,17-,19-/m0/s1. The molecule has 0 spiro atoms. The molecule has 31 heavy (non-hydrogen) atoms. The van der Waals surface area contributed by atoms with Crippen molar-refractivity contribution in [2.45, 2.75) is 49.4 Å². The zero-order chi connectivity index (χ0) is 22.1. The van der Waals surface area contributed by atoms with E-state index in [1.807, 2.05) is 11.8 Å². The maximum Gasteiger partial charge on any atom is 0.315 e. The van der Waals surface area contributed by atoms with E-state index in [9.17, 15) is 14.4 Å². The van der Waals surface area contributed by atoms with Crippen molar-refractivity contribution >= 4 is 29.6 Å². The van der Waals surface area contributed by atoms with E-state index in [2.05, 4.69) is 33.1 Å². The number of furan rings is 1. The smallest absolute Gasteiger partial charge is 0.315 e. The average molecular weight is 448 g/mol. The van der Waals surface area contributed by atoms with Gasteiger partial charge in [0, 0.05) is 30.5 Å². The summed E-state index contributed by atoms with van der Waals surface area (Å²) in [5.41, 5.74) is 5.30. The Labute approximate surface area is 186 Å². The first-order valence-electron chi connectivity index (χ1n) is 10.6. The fraction of sp³-hybridized carbons (Fsp3) is 0.571. The van der Waals surface area contributed by atoms with Gasteiger partial charge in [0.15, 0.2) is 11.5 Å². The summed E-state index contributed by atoms with van der Waals surface area (Å²) in [5, 5.41) is 12.0. The average Bonchev–Trinajstić information content (AvgIpc) is 3.46. The van der Waals surface area contributed by atoms with Gasteiger partial charge >= 0.3 is 6.03 Å². The minimum absolute atomic E-state index is 0.0215. The second-order valence-electron chi connectivity index (χ2n) is 7.50. The molecule has 0 unspecified atom stereocenters. The Bertz CT molecular complexity index is 846. The second kappa shape index (κ2) is 11.7. The van der Waals surface area contributed by atoms with Crippen molar-refractivity contribution in [3.63, 3.8) is 0 Å². The summed E-state index contributed by atoms with van der Waals surface area (Å²) < 4.78 is 5.33. The van der Waals surface area contributed by atoms with Crippen LogP contribution in [0.4, 0.5) is 4.79 Å². The molecular weight excluding hydrogens is 418 g/mol. The van der Waals surface area contributed by atoms with Crippen molar-refractivity contribution < 1.29 is 18.8 Å². The molecule has 2 aliphatic rings. The van der Waals surface area contributed by atoms with Crippen molar-refractivity contribution in [2.24, 2.45) is 5.73 Å². The molecule has 2 aliphatic heterocycles. The summed E-state index contributed by atoms with van der Waals surface area (Å²) in [7, 11) is 0. The number of thioether (sulfide) groups is 1. The zero-order valence-corrected chi connectivity index (χ0v) is 18.2. The highest BCUT2D eigenvalue weighted by atomic mass is 32.2. The third-order valence-electron chi connectivity index (χ3n) is 5.19. The van der Waals surface area contributed by atoms with E-state index >= 15 is 0 Å². The molecule has 10 heteroatoms. The third kappa shape index (κ3) is 6.94. The van der Waals surface area contributed by atoms with Gasteiger partial charge in [-0.15, -0.1) is 0 Å². The molecule has 3 heterocycles. The number of nitrogens with two attached hydrogens (primary N) is 1. The van der Waals surface area contributed by atoms with Crippen LogP contribution in [-0.4, -0.2) is 60.6 Å². The van der Waals surface area contributed by atoms with Crippen LogP contribution in [0.5, 0.6) is 0 Å². The molecule has 4 amide bonds. The molecule has 1 aromatic heterocycles. The Morgan fingerprint density at radius 2 is 2.03 bits per heavy atom. The number of hydrogen-bond acceptors (Lipinski definition) is 6. The topological polar surface area (TPSA) is 138 Å². The van der Waals surface area contributed by atoms with Crippen LogP contribution >= 0.6 is 11.8 Å². The van der Waals surface area contributed by atoms with E-state index in [-0.39, 0.29) is 42.2 Å². The van der Waals surface area contributed by atoms with Gasteiger partial charge in [0.25, 0.3) is 5.91 Å². The molecule has 6 N–H and O–H groups in total. The monoisotopic (exact) mass is 447 g/mol. The summed E-state index contributed by atoms with van der Waals surface area (Å²) in [6, 6.07) is 3.59. The molecule has 0 radical (unpaired) electrons. The number of amides is 4. The zero-order valence-electron chi connectivity index (χ0n) is 17.4. The van der Waals surface area contributed by atoms with Crippen LogP contribution in [0, 0.1) is 11.8 Å². The first kappa shape index (κ1) is 23.0. The van der Waals surface area contributed by atoms with Crippen LogP contribution in [0.3, 0.4) is 0 Å². The van der Waals surface area contributed by atoms with E-state index in [0.717, 1.165) is 25.0 Å². The number of hydrogen-bond donors (Lipinski definition) is 5. The quantitative estimate of drug-likeness (QED) is 0.202. The number of carbonyl (C=O) groups is 3. The van der Waals surface area contributed by atoms with Gasteiger partial charge in [-0.25, -0.2) is 4.79 Å². The SMILES string of the molecule is NCC#Cc1ccc(C(=O)NCCCNC(=O)CCCC[C@@H]2SC[C@@H]3NC(=O)N[C@@H]32)o1. The van der Waals surface area contributed by atoms with Gasteiger partial charge in [-0.3, -0.25) is 9.59 Å². The van der Waals surface area contributed by atoms with Gasteiger partial charge in [-0.05, 0) is 37.3 Å². The van der Waals surface area contributed by atoms with Crippen LogP contribution in [0.1, 0.15) is 48.4 Å². The molecule has 0 saturated carbocycles. The van der Waals surface area contributed by atoms with Gasteiger partial charge in [0.1, 0.15) is 0 Å². The fourth-order valence-electron chi connectivity index (χ4n) is 3.63. The number of urea groups is 1. The normalized spacial score (nSPS) is 21.5. The van der Waals surface area contributed by atoms with Gasteiger partial charge in [0.2, 0.25) is 5.91 Å². The van der Waals surface area contributed by atoms with E-state index in [1.165, 1.54) is 0 Å². The van der Waals surface area contributed by atoms with Gasteiger partial charge in [-0.1, -0.05) is 12.3 Å². The van der Waals surface area contributed by atoms with Gasteiger partial charge in [-0.2, -0.15) is 11.8 Å². The molecule has 3 atom stereocenters. The molecule has 0 bridgehead atoms. The number of rotatable bonds is 10. The third-order valence-corrected chi connectivity index (χ3v) is 6.69. The lowest BCUT2D eigenvalue weighted by molar-refractivity contribution is -0.121. The highest BCUT2D eigenvalue weighted by molar-refractivity contribution is 8.00. The molecule has 3 rings (SSSR count). The molecule has 9 nitrogen and oxygen atoms in total. The lowest BCUT2D eigenvalue weighted by Gasteiger charge is -2.16. The van der Waals surface area contributed by atoms with Crippen molar-refractivity contribution in [2.75, 3.05) is 25.4 Å². The van der Waals surface area contributed by atoms with Gasteiger partial charge in [0.05, 0.1) is 18.6 Å². The van der Waals surface area contributed by atoms with Crippen LogP contribution < -0.4 is 27.0 Å². The van der Waals surface area contributed by atoms with Crippen molar-refractivity contribution in [3.05, 3.63) is 23.7 Å². The maximum absolute atomic E-state index is 12.0. The Kier molecular flexibility index (Phi) is 8.67. The second-order valence-corrected chi connectivity index (χ2v) is 8.77. The Morgan fingerprint density at radius 1 is 1.19 bits per heavy atom. The predicted octanol–water partition coefficient (Wildman–Crippen LogP) is 0.552. The van der Waals surface area contributed by atoms with Crippen molar-refractivity contribution in [1.29, 1.82) is 0 Å². The van der Waals surface area contributed by atoms with Crippen LogP contribution in [0.15, 0.2) is 16.5 Å². The largest absolute Gasteiger partial charge is 0.443 e. The predicted molar refractivity (Wildman–Crippen MR) is 119 cm³/mol. The Hall–Kier alpha value is -2.64. The number of nitrogens with one attached hydrogen (secondary N) is 4. The Balaban J connectivity index is 1.20. The van der Waals surface area contributed by atoms with Crippen LogP contribution in [0.25, 0.3) is 0 Å². The van der Waals surface area contributed by atoms with Crippen LogP contribution in [-0.2, 0) is 4.79 Å². The van der Waals surface area contributed by atoms with E-state index in [0.29, 0.717) is 36.9 Å². The molecule has 0 aliphatic carbocycles. The molecule has 0 aromatic carbocycles. The maximum atomic E-state index is 12.0. The minimum atomic E-state index is -0.312. The molecular formula is C21H29N5O4S. The summed E-state index contributed by atoms with van der Waals surface area (Å²) in [5.74, 6) is 6.65. The summed E-state index contributed by atoms with van der Waals surface area (Å²) >= 11 is 1.89.